The van der Waals surface area contributed by atoms with Crippen LogP contribution in [0.2, 0.25) is 0 Å². The summed E-state index contributed by atoms with van der Waals surface area (Å²) in [7, 11) is -3.12. The Hall–Kier alpha value is -1.36. The summed E-state index contributed by atoms with van der Waals surface area (Å²) in [4.78, 5) is 12.5. The number of anilines is 1. The van der Waals surface area contributed by atoms with Gasteiger partial charge in [0.05, 0.1) is 11.0 Å². The van der Waals surface area contributed by atoms with Crippen molar-refractivity contribution in [2.24, 2.45) is 17.8 Å². The Morgan fingerprint density at radius 2 is 1.67 bits per heavy atom. The molecule has 3 fully saturated rings. The average Bonchev–Trinajstić information content (AvgIpc) is 3.55. The van der Waals surface area contributed by atoms with Crippen LogP contribution in [-0.4, -0.2) is 19.6 Å². The minimum atomic E-state index is -3.12. The van der Waals surface area contributed by atoms with Crippen molar-refractivity contribution in [1.29, 1.82) is 0 Å². The molecular formula is C22H31NO3S. The van der Waals surface area contributed by atoms with E-state index in [9.17, 15) is 13.2 Å². The van der Waals surface area contributed by atoms with Crippen molar-refractivity contribution >= 4 is 21.4 Å². The van der Waals surface area contributed by atoms with Gasteiger partial charge in [0, 0.05) is 12.1 Å². The molecule has 3 aliphatic rings. The Bertz CT molecular complexity index is 763. The third kappa shape index (κ3) is 5.13. The van der Waals surface area contributed by atoms with E-state index >= 15 is 0 Å². The summed E-state index contributed by atoms with van der Waals surface area (Å²) in [6, 6.07) is 7.40. The van der Waals surface area contributed by atoms with E-state index in [1.54, 1.807) is 0 Å². The highest BCUT2D eigenvalue weighted by atomic mass is 32.2. The Morgan fingerprint density at radius 1 is 1.00 bits per heavy atom. The van der Waals surface area contributed by atoms with Crippen molar-refractivity contribution in [2.75, 3.05) is 5.32 Å². The van der Waals surface area contributed by atoms with Gasteiger partial charge in [0.1, 0.15) is 0 Å². The highest BCUT2D eigenvalue weighted by Crippen LogP contribution is 2.50. The van der Waals surface area contributed by atoms with Crippen LogP contribution < -0.4 is 5.32 Å². The fourth-order valence-corrected chi connectivity index (χ4v) is 6.64. The zero-order valence-corrected chi connectivity index (χ0v) is 16.8. The lowest BCUT2D eigenvalue weighted by Crippen LogP contribution is -2.25. The molecule has 0 bridgehead atoms. The second-order valence-corrected chi connectivity index (χ2v) is 11.1. The van der Waals surface area contributed by atoms with Crippen molar-refractivity contribution in [1.82, 2.24) is 0 Å². The molecule has 0 atom stereocenters. The molecule has 5 heteroatoms. The molecule has 0 saturated heterocycles. The van der Waals surface area contributed by atoms with Crippen LogP contribution in [0.5, 0.6) is 0 Å². The standard InChI is InChI=1S/C22H31NO3S/c24-22(14-21(17-9-10-17)18-11-12-18)23-19-6-4-5-16(13-19)15-27(25,26)20-7-2-1-3-8-20/h4-6,13,17-18,20-21H,1-3,7-12,14-15H2,(H,23,24). The molecule has 1 aromatic carbocycles. The molecule has 148 valence electrons. The van der Waals surface area contributed by atoms with Gasteiger partial charge in [0.2, 0.25) is 5.91 Å². The molecule has 1 N–H and O–H groups in total. The van der Waals surface area contributed by atoms with E-state index in [1.165, 1.54) is 25.7 Å². The van der Waals surface area contributed by atoms with Crippen LogP contribution >= 0.6 is 0 Å². The lowest BCUT2D eigenvalue weighted by atomic mass is 9.94. The van der Waals surface area contributed by atoms with Gasteiger partial charge in [-0.3, -0.25) is 4.79 Å². The summed E-state index contributed by atoms with van der Waals surface area (Å²) in [5.41, 5.74) is 1.50. The quantitative estimate of drug-likeness (QED) is 0.701. The van der Waals surface area contributed by atoms with Gasteiger partial charge in [0.25, 0.3) is 0 Å². The molecule has 1 amide bonds. The highest BCUT2D eigenvalue weighted by Gasteiger charge is 2.42. The Kier molecular flexibility index (Phi) is 5.58. The van der Waals surface area contributed by atoms with Crippen LogP contribution in [0.4, 0.5) is 5.69 Å². The maximum atomic E-state index is 12.7. The number of rotatable bonds is 8. The van der Waals surface area contributed by atoms with E-state index in [1.807, 2.05) is 24.3 Å². The van der Waals surface area contributed by atoms with E-state index in [0.717, 1.165) is 55.2 Å². The molecule has 3 aliphatic carbocycles. The number of amides is 1. The summed E-state index contributed by atoms with van der Waals surface area (Å²) in [6.07, 6.45) is 10.5. The summed E-state index contributed by atoms with van der Waals surface area (Å²) < 4.78 is 25.4. The predicted octanol–water partition coefficient (Wildman–Crippen LogP) is 4.70. The van der Waals surface area contributed by atoms with Crippen LogP contribution in [0, 0.1) is 17.8 Å². The van der Waals surface area contributed by atoms with Gasteiger partial charge in [-0.15, -0.1) is 0 Å². The molecule has 0 spiro atoms. The van der Waals surface area contributed by atoms with Crippen LogP contribution in [0.15, 0.2) is 24.3 Å². The van der Waals surface area contributed by atoms with Gasteiger partial charge in [0.15, 0.2) is 9.84 Å². The van der Waals surface area contributed by atoms with Crippen LogP contribution in [0.1, 0.15) is 69.8 Å². The molecule has 4 nitrogen and oxygen atoms in total. The fraction of sp³-hybridized carbons (Fsp3) is 0.682. The Labute approximate surface area is 163 Å². The van der Waals surface area contributed by atoms with Gasteiger partial charge >= 0.3 is 0 Å². The van der Waals surface area contributed by atoms with Crippen molar-refractivity contribution in [3.05, 3.63) is 29.8 Å². The molecule has 0 aromatic heterocycles. The second-order valence-electron chi connectivity index (χ2n) is 8.86. The number of hydrogen-bond acceptors (Lipinski definition) is 3. The topological polar surface area (TPSA) is 63.2 Å². The largest absolute Gasteiger partial charge is 0.326 e. The highest BCUT2D eigenvalue weighted by molar-refractivity contribution is 7.91. The molecule has 4 rings (SSSR count). The van der Waals surface area contributed by atoms with Gasteiger partial charge in [-0.05, 0) is 74.0 Å². The third-order valence-corrected chi connectivity index (χ3v) is 8.74. The molecule has 0 aliphatic heterocycles. The monoisotopic (exact) mass is 389 g/mol. The zero-order valence-electron chi connectivity index (χ0n) is 16.0. The number of sulfone groups is 1. The third-order valence-electron chi connectivity index (χ3n) is 6.51. The van der Waals surface area contributed by atoms with Gasteiger partial charge < -0.3 is 5.32 Å². The molecule has 27 heavy (non-hydrogen) atoms. The average molecular weight is 390 g/mol. The number of carbonyl (C=O) groups is 1. The zero-order chi connectivity index (χ0) is 18.9. The number of benzene rings is 1. The predicted molar refractivity (Wildman–Crippen MR) is 108 cm³/mol. The summed E-state index contributed by atoms with van der Waals surface area (Å²) in [5.74, 6) is 2.23. The minimum absolute atomic E-state index is 0.0751. The van der Waals surface area contributed by atoms with Gasteiger partial charge in [-0.2, -0.15) is 0 Å². The molecule has 1 aromatic rings. The molecule has 3 saturated carbocycles. The maximum Gasteiger partial charge on any atom is 0.224 e. The summed E-state index contributed by atoms with van der Waals surface area (Å²) >= 11 is 0. The van der Waals surface area contributed by atoms with Crippen LogP contribution in [0.3, 0.4) is 0 Å². The van der Waals surface area contributed by atoms with E-state index in [-0.39, 0.29) is 16.9 Å². The number of nitrogens with one attached hydrogen (secondary N) is 1. The van der Waals surface area contributed by atoms with E-state index in [4.69, 9.17) is 0 Å². The Balaban J connectivity index is 1.36. The first kappa shape index (κ1) is 19.0. The number of hydrogen-bond donors (Lipinski definition) is 1. The lowest BCUT2D eigenvalue weighted by Gasteiger charge is -2.21. The first-order chi connectivity index (χ1) is 13.0. The SMILES string of the molecule is O=C(CC(C1CC1)C1CC1)Nc1cccc(CS(=O)(=O)C2CCCCC2)c1. The van der Waals surface area contributed by atoms with Gasteiger partial charge in [-0.25, -0.2) is 8.42 Å². The summed E-state index contributed by atoms with van der Waals surface area (Å²) in [5, 5.41) is 2.82. The van der Waals surface area contributed by atoms with E-state index in [0.29, 0.717) is 12.3 Å². The van der Waals surface area contributed by atoms with Gasteiger partial charge in [-0.1, -0.05) is 31.4 Å². The van der Waals surface area contributed by atoms with E-state index in [2.05, 4.69) is 5.32 Å². The first-order valence-electron chi connectivity index (χ1n) is 10.6. The normalized spacial score (nSPS) is 21.4. The minimum Gasteiger partial charge on any atom is -0.326 e. The molecule has 0 radical (unpaired) electrons. The maximum absolute atomic E-state index is 12.7. The summed E-state index contributed by atoms with van der Waals surface area (Å²) in [6.45, 7) is 0. The lowest BCUT2D eigenvalue weighted by molar-refractivity contribution is -0.117. The molecular weight excluding hydrogens is 358 g/mol. The van der Waals surface area contributed by atoms with Crippen LogP contribution in [0.25, 0.3) is 0 Å². The van der Waals surface area contributed by atoms with Crippen LogP contribution in [-0.2, 0) is 20.4 Å². The van der Waals surface area contributed by atoms with Crippen molar-refractivity contribution in [3.63, 3.8) is 0 Å². The van der Waals surface area contributed by atoms with E-state index < -0.39 is 9.84 Å². The van der Waals surface area contributed by atoms with Crippen molar-refractivity contribution in [2.45, 2.75) is 75.2 Å². The molecule has 0 unspecified atom stereocenters. The second kappa shape index (κ2) is 7.94. The fourth-order valence-electron chi connectivity index (χ4n) is 4.71. The number of carbonyl (C=O) groups excluding carboxylic acids is 1. The molecule has 0 heterocycles. The first-order valence-corrected chi connectivity index (χ1v) is 12.3. The van der Waals surface area contributed by atoms with Crippen molar-refractivity contribution in [3.8, 4) is 0 Å². The smallest absolute Gasteiger partial charge is 0.224 e. The Morgan fingerprint density at radius 3 is 2.30 bits per heavy atom. The van der Waals surface area contributed by atoms with Crippen molar-refractivity contribution < 1.29 is 13.2 Å².